The van der Waals surface area contributed by atoms with E-state index in [1.165, 1.54) is 23.4 Å². The van der Waals surface area contributed by atoms with Crippen LogP contribution >= 0.6 is 0 Å². The van der Waals surface area contributed by atoms with Gasteiger partial charge in [-0.25, -0.2) is 20.4 Å². The van der Waals surface area contributed by atoms with Crippen molar-refractivity contribution in [3.63, 3.8) is 0 Å². The zero-order valence-electron chi connectivity index (χ0n) is 36.2. The monoisotopic (exact) mass is 929 g/mol. The van der Waals surface area contributed by atoms with Gasteiger partial charge in [-0.15, -0.1) is 0 Å². The smallest absolute Gasteiger partial charge is 0.320 e. The highest BCUT2D eigenvalue weighted by molar-refractivity contribution is 7.97. The summed E-state index contributed by atoms with van der Waals surface area (Å²) in [6.45, 7) is 3.77. The first-order valence-corrected chi connectivity index (χ1v) is 23.1. The first kappa shape index (κ1) is 52.3. The maximum Gasteiger partial charge on any atom is 0.320 e. The second-order valence-electron chi connectivity index (χ2n) is 14.7. The van der Waals surface area contributed by atoms with Gasteiger partial charge in [0.2, 0.25) is 5.91 Å². The van der Waals surface area contributed by atoms with Crippen molar-refractivity contribution in [1.29, 1.82) is 0 Å². The van der Waals surface area contributed by atoms with Gasteiger partial charge in [0.1, 0.15) is 42.2 Å². The molecule has 3 heterocycles. The summed E-state index contributed by atoms with van der Waals surface area (Å²) in [6.07, 6.45) is 2.28. The lowest BCUT2D eigenvalue weighted by atomic mass is 10.1. The number of aromatic nitrogens is 4. The SMILES string of the molecule is NCCOCCOCCOCCNC(=O)c1ccc(/C=N\NC(=O)CCCCC#CC[S+](CCC(N)C(=O)O)CC2OC(n3cnc4c(NCCCC(=O)O)ncnc43)C(O)C2O)cc1. The minimum absolute atomic E-state index is 0.0140. The second kappa shape index (κ2) is 29.3. The van der Waals surface area contributed by atoms with E-state index in [2.05, 4.69) is 48.0 Å². The number of carbonyl (C=O) groups excluding carboxylic acids is 2. The molecule has 0 aliphatic carbocycles. The van der Waals surface area contributed by atoms with E-state index in [0.717, 1.165) is 0 Å². The molecule has 6 unspecified atom stereocenters. The summed E-state index contributed by atoms with van der Waals surface area (Å²) < 4.78 is 23.7. The van der Waals surface area contributed by atoms with Crippen molar-refractivity contribution < 1.29 is 58.6 Å². The van der Waals surface area contributed by atoms with Gasteiger partial charge >= 0.3 is 11.9 Å². The number of benzene rings is 1. The highest BCUT2D eigenvalue weighted by atomic mass is 32.2. The van der Waals surface area contributed by atoms with E-state index in [-0.39, 0.29) is 36.8 Å². The number of hydrogen-bond acceptors (Lipinski definition) is 17. The molecule has 1 saturated heterocycles. The maximum absolute atomic E-state index is 12.4. The minimum atomic E-state index is -1.33. The molecule has 2 amide bonds. The van der Waals surface area contributed by atoms with Crippen molar-refractivity contribution in [1.82, 2.24) is 30.3 Å². The molecule has 11 N–H and O–H groups in total. The molecule has 1 aliphatic rings. The van der Waals surface area contributed by atoms with Gasteiger partial charge in [0, 0.05) is 61.8 Å². The Morgan fingerprint density at radius 3 is 2.38 bits per heavy atom. The molecule has 23 heteroatoms. The zero-order valence-corrected chi connectivity index (χ0v) is 37.0. The fourth-order valence-corrected chi connectivity index (χ4v) is 8.30. The van der Waals surface area contributed by atoms with E-state index in [1.54, 1.807) is 24.3 Å². The molecule has 356 valence electrons. The van der Waals surface area contributed by atoms with E-state index in [4.69, 9.17) is 35.5 Å². The van der Waals surface area contributed by atoms with Crippen LogP contribution in [0.1, 0.15) is 67.1 Å². The lowest BCUT2D eigenvalue weighted by Gasteiger charge is -2.16. The van der Waals surface area contributed by atoms with Crippen molar-refractivity contribution in [3.05, 3.63) is 48.0 Å². The lowest BCUT2D eigenvalue weighted by Crippen LogP contribution is -2.38. The lowest BCUT2D eigenvalue weighted by molar-refractivity contribution is -0.139. The fourth-order valence-electron chi connectivity index (χ4n) is 6.23. The number of amides is 2. The zero-order chi connectivity index (χ0) is 46.8. The number of fused-ring (bicyclic) bond motifs is 1. The molecule has 0 radical (unpaired) electrons. The number of aliphatic hydroxyl groups is 2. The molecule has 1 aliphatic heterocycles. The number of carbonyl (C=O) groups is 4. The number of carboxylic acids is 2. The third-order valence-electron chi connectivity index (χ3n) is 9.74. The summed E-state index contributed by atoms with van der Waals surface area (Å²) in [7, 11) is -0.559. The number of ether oxygens (including phenoxy) is 4. The maximum atomic E-state index is 12.4. The molecule has 0 spiro atoms. The molecule has 0 bridgehead atoms. The van der Waals surface area contributed by atoms with Crippen molar-refractivity contribution in [2.45, 2.75) is 75.5 Å². The van der Waals surface area contributed by atoms with Crippen LogP contribution in [0, 0.1) is 11.8 Å². The fraction of sp³-hybridized carbons (Fsp3) is 0.571. The Morgan fingerprint density at radius 2 is 1.66 bits per heavy atom. The van der Waals surface area contributed by atoms with Crippen LogP contribution in [0.5, 0.6) is 0 Å². The number of nitrogens with zero attached hydrogens (tertiary/aromatic N) is 5. The van der Waals surface area contributed by atoms with Crippen LogP contribution in [-0.4, -0.2) is 171 Å². The van der Waals surface area contributed by atoms with E-state index in [9.17, 15) is 34.5 Å². The second-order valence-corrected chi connectivity index (χ2v) is 17.0. The third kappa shape index (κ3) is 18.6. The first-order chi connectivity index (χ1) is 31.5. The minimum Gasteiger partial charge on any atom is -0.481 e. The largest absolute Gasteiger partial charge is 0.481 e. The van der Waals surface area contributed by atoms with Gasteiger partial charge in [-0.05, 0) is 42.9 Å². The molecule has 2 aromatic heterocycles. The Kier molecular flexibility index (Phi) is 23.6. The summed E-state index contributed by atoms with van der Waals surface area (Å²) in [5.74, 6) is 5.20. The summed E-state index contributed by atoms with van der Waals surface area (Å²) in [6, 6.07) is 5.68. The number of anilines is 1. The van der Waals surface area contributed by atoms with Crippen molar-refractivity contribution in [2.24, 2.45) is 16.6 Å². The number of imidazole rings is 1. The van der Waals surface area contributed by atoms with Crippen molar-refractivity contribution >= 4 is 57.8 Å². The van der Waals surface area contributed by atoms with Crippen LogP contribution < -0.4 is 27.5 Å². The predicted molar refractivity (Wildman–Crippen MR) is 241 cm³/mol. The number of unbranched alkanes of at least 4 members (excludes halogenated alkanes) is 2. The van der Waals surface area contributed by atoms with E-state index < -0.39 is 53.4 Å². The number of rotatable bonds is 31. The molecular formula is C42H61N10O12S+. The quantitative estimate of drug-likeness (QED) is 0.0130. The van der Waals surface area contributed by atoms with Crippen molar-refractivity contribution in [2.75, 3.05) is 81.9 Å². The van der Waals surface area contributed by atoms with Crippen LogP contribution in [0.25, 0.3) is 11.2 Å². The Labute approximate surface area is 379 Å². The first-order valence-electron chi connectivity index (χ1n) is 21.3. The van der Waals surface area contributed by atoms with Crippen LogP contribution in [0.3, 0.4) is 0 Å². The van der Waals surface area contributed by atoms with Crippen LogP contribution in [-0.2, 0) is 44.2 Å². The van der Waals surface area contributed by atoms with Crippen molar-refractivity contribution in [3.8, 4) is 11.8 Å². The molecule has 22 nitrogen and oxygen atoms in total. The van der Waals surface area contributed by atoms with Gasteiger partial charge in [0.05, 0.1) is 52.2 Å². The molecule has 1 aromatic carbocycles. The van der Waals surface area contributed by atoms with Gasteiger partial charge in [-0.1, -0.05) is 18.1 Å². The van der Waals surface area contributed by atoms with Crippen LogP contribution in [0.4, 0.5) is 5.82 Å². The highest BCUT2D eigenvalue weighted by Gasteiger charge is 2.47. The molecule has 65 heavy (non-hydrogen) atoms. The van der Waals surface area contributed by atoms with E-state index in [0.29, 0.717) is 125 Å². The average molecular weight is 930 g/mol. The van der Waals surface area contributed by atoms with Crippen LogP contribution in [0.15, 0.2) is 42.0 Å². The van der Waals surface area contributed by atoms with E-state index >= 15 is 0 Å². The average Bonchev–Trinajstić information content (AvgIpc) is 3.85. The van der Waals surface area contributed by atoms with Gasteiger partial charge in [-0.2, -0.15) is 5.10 Å². The standard InChI is InChI=1S/C42H60N10O12S/c43-14-17-61-19-21-63-22-20-62-18-16-46-40(58)30-11-9-29(10-12-30)25-50-51-33(53)7-4-2-1-3-5-23-65(24-13-31(44)42(59)60)26-32-36(56)37(57)41(64-32)52-28-49-35-38(47-27-48-39(35)52)45-15-6-8-34(54)55/h9-12,25,27-28,31-32,36-37,41,56-57H,1-2,4,6-8,13-24,26,43-44H2,(H4-,45,46,47,48,51,53,54,55,58,59,60)/p+1. The molecule has 0 saturated carbocycles. The predicted octanol–water partition coefficient (Wildman–Crippen LogP) is -0.405. The summed E-state index contributed by atoms with van der Waals surface area (Å²) in [5, 5.41) is 50.3. The summed E-state index contributed by atoms with van der Waals surface area (Å²) in [4.78, 5) is 60.0. The summed E-state index contributed by atoms with van der Waals surface area (Å²) >= 11 is 0. The van der Waals surface area contributed by atoms with E-state index in [1.807, 2.05) is 0 Å². The molecule has 4 rings (SSSR count). The van der Waals surface area contributed by atoms with Crippen LogP contribution in [0.2, 0.25) is 0 Å². The van der Waals surface area contributed by atoms with Gasteiger partial charge in [0.25, 0.3) is 5.91 Å². The topological polar surface area (TPSA) is 330 Å². The Balaban J connectivity index is 1.16. The van der Waals surface area contributed by atoms with Gasteiger partial charge < -0.3 is 61.5 Å². The highest BCUT2D eigenvalue weighted by Crippen LogP contribution is 2.33. The Bertz CT molecular complexity index is 2030. The number of nitrogens with one attached hydrogen (secondary N) is 3. The van der Waals surface area contributed by atoms with Gasteiger partial charge in [-0.3, -0.25) is 23.7 Å². The number of hydrogen-bond donors (Lipinski definition) is 9. The number of carboxylic acid groups (broad SMARTS) is 2. The normalized spacial score (nSPS) is 18.0. The number of hydrazone groups is 1. The summed E-state index contributed by atoms with van der Waals surface area (Å²) in [5.41, 5.74) is 15.5. The number of aliphatic carboxylic acids is 2. The molecular weight excluding hydrogens is 869 g/mol. The number of nitrogens with two attached hydrogens (primary N) is 2. The Hall–Kier alpha value is -5.29. The van der Waals surface area contributed by atoms with Gasteiger partial charge in [0.15, 0.2) is 29.0 Å². The number of aliphatic hydroxyl groups excluding tert-OH is 2. The molecule has 3 aromatic rings. The molecule has 6 atom stereocenters. The Morgan fingerprint density at radius 1 is 0.923 bits per heavy atom. The third-order valence-corrected chi connectivity index (χ3v) is 11.9. The molecule has 1 fully saturated rings.